The minimum atomic E-state index is 0.169. The number of hydrogen-bond donors (Lipinski definition) is 1. The SMILES string of the molecule is CCN(C)C(=O)CNC1CCCOCC1. The van der Waals surface area contributed by atoms with Crippen LogP contribution in [0.1, 0.15) is 26.2 Å². The summed E-state index contributed by atoms with van der Waals surface area (Å²) in [7, 11) is 1.83. The number of nitrogens with zero attached hydrogens (tertiary/aromatic N) is 1. The Morgan fingerprint density at radius 2 is 2.27 bits per heavy atom. The largest absolute Gasteiger partial charge is 0.381 e. The van der Waals surface area contributed by atoms with Gasteiger partial charge in [-0.05, 0) is 26.2 Å². The first-order chi connectivity index (χ1) is 7.24. The highest BCUT2D eigenvalue weighted by Gasteiger charge is 2.14. The number of carbonyl (C=O) groups is 1. The summed E-state index contributed by atoms with van der Waals surface area (Å²) in [6, 6.07) is 0.446. The number of ether oxygens (including phenoxy) is 1. The van der Waals surface area contributed by atoms with Crippen LogP contribution in [0.3, 0.4) is 0 Å². The van der Waals surface area contributed by atoms with Crippen molar-refractivity contribution in [1.29, 1.82) is 0 Å². The van der Waals surface area contributed by atoms with E-state index in [-0.39, 0.29) is 5.91 Å². The number of rotatable bonds is 4. The average molecular weight is 214 g/mol. The van der Waals surface area contributed by atoms with E-state index in [0.29, 0.717) is 12.6 Å². The van der Waals surface area contributed by atoms with Crippen molar-refractivity contribution in [1.82, 2.24) is 10.2 Å². The van der Waals surface area contributed by atoms with Gasteiger partial charge in [-0.15, -0.1) is 0 Å². The summed E-state index contributed by atoms with van der Waals surface area (Å²) in [6.45, 7) is 4.89. The fourth-order valence-corrected chi connectivity index (χ4v) is 1.65. The van der Waals surface area contributed by atoms with E-state index in [1.54, 1.807) is 4.90 Å². The predicted molar refractivity (Wildman–Crippen MR) is 59.8 cm³/mol. The molecule has 1 N–H and O–H groups in total. The first-order valence-corrected chi connectivity index (χ1v) is 5.79. The molecule has 1 heterocycles. The molecule has 0 bridgehead atoms. The van der Waals surface area contributed by atoms with Crippen molar-refractivity contribution in [2.75, 3.05) is 33.4 Å². The molecular weight excluding hydrogens is 192 g/mol. The summed E-state index contributed by atoms with van der Waals surface area (Å²) >= 11 is 0. The van der Waals surface area contributed by atoms with Gasteiger partial charge in [0.15, 0.2) is 0 Å². The van der Waals surface area contributed by atoms with Crippen molar-refractivity contribution < 1.29 is 9.53 Å². The van der Waals surface area contributed by atoms with Gasteiger partial charge in [0, 0.05) is 32.8 Å². The molecule has 88 valence electrons. The van der Waals surface area contributed by atoms with E-state index < -0.39 is 0 Å². The van der Waals surface area contributed by atoms with Crippen LogP contribution in [0.15, 0.2) is 0 Å². The second kappa shape index (κ2) is 6.80. The van der Waals surface area contributed by atoms with Gasteiger partial charge in [0.05, 0.1) is 6.54 Å². The summed E-state index contributed by atoms with van der Waals surface area (Å²) in [4.78, 5) is 13.3. The molecule has 0 radical (unpaired) electrons. The standard InChI is InChI=1S/C11H22N2O2/c1-3-13(2)11(14)9-12-10-5-4-7-15-8-6-10/h10,12H,3-9H2,1-2H3. The van der Waals surface area contributed by atoms with Crippen LogP contribution in [0.4, 0.5) is 0 Å². The Kier molecular flexibility index (Phi) is 5.65. The van der Waals surface area contributed by atoms with Crippen LogP contribution < -0.4 is 5.32 Å². The van der Waals surface area contributed by atoms with Crippen LogP contribution in [0.5, 0.6) is 0 Å². The van der Waals surface area contributed by atoms with Crippen LogP contribution in [0.25, 0.3) is 0 Å². The lowest BCUT2D eigenvalue weighted by atomic mass is 10.1. The van der Waals surface area contributed by atoms with E-state index in [1.807, 2.05) is 14.0 Å². The molecule has 0 aromatic rings. The minimum Gasteiger partial charge on any atom is -0.381 e. The number of nitrogens with one attached hydrogen (secondary N) is 1. The molecule has 1 fully saturated rings. The predicted octanol–water partition coefficient (Wildman–Crippen LogP) is 0.623. The third-order valence-electron chi connectivity index (χ3n) is 2.89. The molecule has 0 spiro atoms. The summed E-state index contributed by atoms with van der Waals surface area (Å²) in [5, 5.41) is 3.31. The Hall–Kier alpha value is -0.610. The molecule has 1 amide bonds. The topological polar surface area (TPSA) is 41.6 Å². The van der Waals surface area contributed by atoms with E-state index in [2.05, 4.69) is 5.32 Å². The van der Waals surface area contributed by atoms with Crippen molar-refractivity contribution in [2.24, 2.45) is 0 Å². The molecule has 1 saturated heterocycles. The zero-order valence-corrected chi connectivity index (χ0v) is 9.79. The molecule has 4 heteroatoms. The van der Waals surface area contributed by atoms with Crippen LogP contribution in [-0.2, 0) is 9.53 Å². The van der Waals surface area contributed by atoms with E-state index >= 15 is 0 Å². The molecule has 1 aliphatic heterocycles. The Morgan fingerprint density at radius 1 is 1.47 bits per heavy atom. The summed E-state index contributed by atoms with van der Waals surface area (Å²) in [5.41, 5.74) is 0. The van der Waals surface area contributed by atoms with Gasteiger partial charge in [-0.3, -0.25) is 4.79 Å². The summed E-state index contributed by atoms with van der Waals surface area (Å²) in [6.07, 6.45) is 3.22. The van der Waals surface area contributed by atoms with E-state index in [1.165, 1.54) is 0 Å². The van der Waals surface area contributed by atoms with Crippen molar-refractivity contribution in [3.8, 4) is 0 Å². The van der Waals surface area contributed by atoms with Gasteiger partial charge in [0.2, 0.25) is 5.91 Å². The lowest BCUT2D eigenvalue weighted by Gasteiger charge is -2.19. The van der Waals surface area contributed by atoms with E-state index in [4.69, 9.17) is 4.74 Å². The molecular formula is C11H22N2O2. The molecule has 1 aliphatic rings. The molecule has 4 nitrogen and oxygen atoms in total. The zero-order chi connectivity index (χ0) is 11.1. The van der Waals surface area contributed by atoms with Gasteiger partial charge in [-0.1, -0.05) is 0 Å². The number of carbonyl (C=O) groups excluding carboxylic acids is 1. The third kappa shape index (κ3) is 4.62. The highest BCUT2D eigenvalue weighted by molar-refractivity contribution is 5.77. The van der Waals surface area contributed by atoms with Crippen molar-refractivity contribution in [2.45, 2.75) is 32.2 Å². The summed E-state index contributed by atoms with van der Waals surface area (Å²) in [5.74, 6) is 0.169. The molecule has 0 aromatic heterocycles. The Labute approximate surface area is 92.0 Å². The molecule has 0 saturated carbocycles. The lowest BCUT2D eigenvalue weighted by molar-refractivity contribution is -0.128. The first kappa shape index (κ1) is 12.5. The van der Waals surface area contributed by atoms with Gasteiger partial charge in [0.1, 0.15) is 0 Å². The number of hydrogen-bond acceptors (Lipinski definition) is 3. The van der Waals surface area contributed by atoms with Crippen LogP contribution in [-0.4, -0.2) is 50.2 Å². The van der Waals surface area contributed by atoms with Crippen molar-refractivity contribution in [3.63, 3.8) is 0 Å². The maximum atomic E-state index is 11.5. The molecule has 15 heavy (non-hydrogen) atoms. The van der Waals surface area contributed by atoms with Gasteiger partial charge in [-0.25, -0.2) is 0 Å². The van der Waals surface area contributed by atoms with Crippen molar-refractivity contribution in [3.05, 3.63) is 0 Å². The molecule has 0 aliphatic carbocycles. The fourth-order valence-electron chi connectivity index (χ4n) is 1.65. The number of amides is 1. The van der Waals surface area contributed by atoms with Crippen LogP contribution >= 0.6 is 0 Å². The smallest absolute Gasteiger partial charge is 0.236 e. The van der Waals surface area contributed by atoms with Crippen molar-refractivity contribution >= 4 is 5.91 Å². The zero-order valence-electron chi connectivity index (χ0n) is 9.79. The highest BCUT2D eigenvalue weighted by atomic mass is 16.5. The average Bonchev–Trinajstić information content (AvgIpc) is 2.53. The fraction of sp³-hybridized carbons (Fsp3) is 0.909. The quantitative estimate of drug-likeness (QED) is 0.746. The van der Waals surface area contributed by atoms with Crippen LogP contribution in [0, 0.1) is 0 Å². The third-order valence-corrected chi connectivity index (χ3v) is 2.89. The Morgan fingerprint density at radius 3 is 3.00 bits per heavy atom. The monoisotopic (exact) mass is 214 g/mol. The molecule has 1 rings (SSSR count). The summed E-state index contributed by atoms with van der Waals surface area (Å²) < 4.78 is 5.36. The molecule has 0 aromatic carbocycles. The molecule has 1 atom stereocenters. The minimum absolute atomic E-state index is 0.169. The maximum Gasteiger partial charge on any atom is 0.236 e. The van der Waals surface area contributed by atoms with E-state index in [9.17, 15) is 4.79 Å². The van der Waals surface area contributed by atoms with Gasteiger partial charge < -0.3 is 15.0 Å². The Balaban J connectivity index is 2.20. The normalized spacial score (nSPS) is 22.1. The second-order valence-electron chi connectivity index (χ2n) is 4.03. The lowest BCUT2D eigenvalue weighted by Crippen LogP contribution is -2.40. The van der Waals surface area contributed by atoms with Gasteiger partial charge >= 0.3 is 0 Å². The second-order valence-corrected chi connectivity index (χ2v) is 4.03. The maximum absolute atomic E-state index is 11.5. The Bertz CT molecular complexity index is 189. The highest BCUT2D eigenvalue weighted by Crippen LogP contribution is 2.07. The van der Waals surface area contributed by atoms with Gasteiger partial charge in [-0.2, -0.15) is 0 Å². The number of likely N-dealkylation sites (N-methyl/N-ethyl adjacent to an activating group) is 1. The van der Waals surface area contributed by atoms with Gasteiger partial charge in [0.25, 0.3) is 0 Å². The molecule has 1 unspecified atom stereocenters. The first-order valence-electron chi connectivity index (χ1n) is 5.79. The van der Waals surface area contributed by atoms with Crippen LogP contribution in [0.2, 0.25) is 0 Å². The van der Waals surface area contributed by atoms with E-state index in [0.717, 1.165) is 39.0 Å².